The van der Waals surface area contributed by atoms with Gasteiger partial charge in [0, 0.05) is 30.6 Å². The number of phenols is 1. The standard InChI is InChI=1S/C12H14N2O3S.ClH/c1-14(2)18(16,17)11-7-6-8-9(12(11)15)4-3-5-10(8)13;/h3-7,15H,13H2,1-2H3;1H. The third kappa shape index (κ3) is 2.47. The minimum atomic E-state index is -3.67. The van der Waals surface area contributed by atoms with E-state index in [0.717, 1.165) is 4.31 Å². The molecule has 0 aliphatic carbocycles. The van der Waals surface area contributed by atoms with Crippen LogP contribution in [0.3, 0.4) is 0 Å². The molecule has 0 amide bonds. The average molecular weight is 303 g/mol. The van der Waals surface area contributed by atoms with Crippen molar-refractivity contribution in [2.24, 2.45) is 0 Å². The van der Waals surface area contributed by atoms with Gasteiger partial charge in [0.1, 0.15) is 10.6 Å². The van der Waals surface area contributed by atoms with E-state index in [1.54, 1.807) is 24.3 Å². The van der Waals surface area contributed by atoms with E-state index < -0.39 is 10.0 Å². The molecule has 0 fully saturated rings. The molecule has 0 saturated heterocycles. The van der Waals surface area contributed by atoms with Gasteiger partial charge in [0.05, 0.1) is 0 Å². The van der Waals surface area contributed by atoms with Crippen molar-refractivity contribution in [2.75, 3.05) is 19.8 Å². The Morgan fingerprint density at radius 3 is 2.32 bits per heavy atom. The number of nitrogens with zero attached hydrogens (tertiary/aromatic N) is 1. The number of phenolic OH excluding ortho intramolecular Hbond substituents is 1. The van der Waals surface area contributed by atoms with Gasteiger partial charge in [0.25, 0.3) is 0 Å². The molecule has 0 bridgehead atoms. The number of hydrogen-bond donors (Lipinski definition) is 2. The fourth-order valence-corrected chi connectivity index (χ4v) is 2.74. The molecule has 0 aliphatic rings. The number of aromatic hydroxyl groups is 1. The van der Waals surface area contributed by atoms with Crippen LogP contribution in [-0.4, -0.2) is 31.9 Å². The molecule has 0 aliphatic heterocycles. The fraction of sp³-hybridized carbons (Fsp3) is 0.167. The predicted molar refractivity (Wildman–Crippen MR) is 78.1 cm³/mol. The number of halogens is 1. The molecule has 0 radical (unpaired) electrons. The molecule has 7 heteroatoms. The molecule has 2 aromatic rings. The van der Waals surface area contributed by atoms with Crippen molar-refractivity contribution in [2.45, 2.75) is 4.90 Å². The van der Waals surface area contributed by atoms with Crippen LogP contribution in [-0.2, 0) is 10.0 Å². The number of hydrogen-bond acceptors (Lipinski definition) is 4. The Balaban J connectivity index is 0.00000180. The predicted octanol–water partition coefficient (Wildman–Crippen LogP) is 1.80. The van der Waals surface area contributed by atoms with Crippen LogP contribution in [0.25, 0.3) is 10.8 Å². The number of nitrogens with two attached hydrogens (primary N) is 1. The lowest BCUT2D eigenvalue weighted by molar-refractivity contribution is 0.458. The normalized spacial score (nSPS) is 11.5. The van der Waals surface area contributed by atoms with Gasteiger partial charge < -0.3 is 10.8 Å². The monoisotopic (exact) mass is 302 g/mol. The van der Waals surface area contributed by atoms with E-state index in [0.29, 0.717) is 16.5 Å². The van der Waals surface area contributed by atoms with E-state index in [-0.39, 0.29) is 23.1 Å². The molecular formula is C12H15ClN2O3S. The van der Waals surface area contributed by atoms with Crippen LogP contribution in [0.1, 0.15) is 0 Å². The Morgan fingerprint density at radius 1 is 1.11 bits per heavy atom. The zero-order valence-electron chi connectivity index (χ0n) is 10.5. The quantitative estimate of drug-likeness (QED) is 0.829. The summed E-state index contributed by atoms with van der Waals surface area (Å²) in [5.74, 6) is -0.270. The van der Waals surface area contributed by atoms with Crippen LogP contribution in [0.15, 0.2) is 35.2 Å². The molecule has 0 atom stereocenters. The van der Waals surface area contributed by atoms with Gasteiger partial charge in [-0.3, -0.25) is 0 Å². The third-order valence-electron chi connectivity index (χ3n) is 2.79. The summed E-state index contributed by atoms with van der Waals surface area (Å²) in [5.41, 5.74) is 6.27. The second kappa shape index (κ2) is 5.24. The van der Waals surface area contributed by atoms with Crippen molar-refractivity contribution in [3.05, 3.63) is 30.3 Å². The molecule has 2 aromatic carbocycles. The molecular weight excluding hydrogens is 288 g/mol. The maximum atomic E-state index is 12.0. The number of fused-ring (bicyclic) bond motifs is 1. The van der Waals surface area contributed by atoms with Gasteiger partial charge in [-0.2, -0.15) is 0 Å². The van der Waals surface area contributed by atoms with Gasteiger partial charge in [-0.25, -0.2) is 12.7 Å². The topological polar surface area (TPSA) is 83.6 Å². The first-order valence-corrected chi connectivity index (χ1v) is 6.72. The summed E-state index contributed by atoms with van der Waals surface area (Å²) in [4.78, 5) is -0.120. The summed E-state index contributed by atoms with van der Waals surface area (Å²) in [5, 5.41) is 11.2. The Kier molecular flexibility index (Phi) is 4.29. The summed E-state index contributed by atoms with van der Waals surface area (Å²) < 4.78 is 25.1. The second-order valence-electron chi connectivity index (χ2n) is 4.14. The van der Waals surface area contributed by atoms with Crippen LogP contribution < -0.4 is 5.73 Å². The first kappa shape index (κ1) is 15.6. The van der Waals surface area contributed by atoms with Crippen LogP contribution in [0.5, 0.6) is 5.75 Å². The fourth-order valence-electron chi connectivity index (χ4n) is 1.75. The molecule has 0 unspecified atom stereocenters. The summed E-state index contributed by atoms with van der Waals surface area (Å²) >= 11 is 0. The third-order valence-corrected chi connectivity index (χ3v) is 4.64. The van der Waals surface area contributed by atoms with Gasteiger partial charge >= 0.3 is 0 Å². The zero-order chi connectivity index (χ0) is 13.5. The number of anilines is 1. The van der Waals surface area contributed by atoms with E-state index in [9.17, 15) is 13.5 Å². The second-order valence-corrected chi connectivity index (χ2v) is 6.26. The zero-order valence-corrected chi connectivity index (χ0v) is 12.1. The van der Waals surface area contributed by atoms with Crippen molar-refractivity contribution in [3.8, 4) is 5.75 Å². The molecule has 0 heterocycles. The Bertz CT molecular complexity index is 714. The largest absolute Gasteiger partial charge is 0.506 e. The summed E-state index contributed by atoms with van der Waals surface area (Å²) in [6.07, 6.45) is 0. The van der Waals surface area contributed by atoms with Gasteiger partial charge in [-0.05, 0) is 12.1 Å². The molecule has 2 rings (SSSR count). The van der Waals surface area contributed by atoms with Gasteiger partial charge in [0.2, 0.25) is 10.0 Å². The van der Waals surface area contributed by atoms with Crippen molar-refractivity contribution in [1.82, 2.24) is 4.31 Å². The van der Waals surface area contributed by atoms with Crippen LogP contribution in [0.2, 0.25) is 0 Å². The molecule has 19 heavy (non-hydrogen) atoms. The number of sulfonamides is 1. The summed E-state index contributed by atoms with van der Waals surface area (Å²) in [6, 6.07) is 7.96. The Morgan fingerprint density at radius 2 is 1.74 bits per heavy atom. The van der Waals surface area contributed by atoms with Gasteiger partial charge in [-0.15, -0.1) is 12.4 Å². The van der Waals surface area contributed by atoms with Crippen molar-refractivity contribution in [3.63, 3.8) is 0 Å². The molecule has 5 nitrogen and oxygen atoms in total. The summed E-state index contributed by atoms with van der Waals surface area (Å²) in [7, 11) is -0.839. The summed E-state index contributed by atoms with van der Waals surface area (Å²) in [6.45, 7) is 0. The van der Waals surface area contributed by atoms with Crippen LogP contribution >= 0.6 is 12.4 Å². The minimum absolute atomic E-state index is 0. The maximum absolute atomic E-state index is 12.0. The number of nitrogen functional groups attached to an aromatic ring is 1. The lowest BCUT2D eigenvalue weighted by atomic mass is 10.1. The lowest BCUT2D eigenvalue weighted by Crippen LogP contribution is -2.22. The Labute approximate surface area is 118 Å². The Hall–Kier alpha value is -1.50. The average Bonchev–Trinajstić information content (AvgIpc) is 2.30. The highest BCUT2D eigenvalue weighted by Gasteiger charge is 2.22. The minimum Gasteiger partial charge on any atom is -0.506 e. The van der Waals surface area contributed by atoms with E-state index in [1.807, 2.05) is 0 Å². The molecule has 0 aromatic heterocycles. The van der Waals surface area contributed by atoms with E-state index in [2.05, 4.69) is 0 Å². The first-order valence-electron chi connectivity index (χ1n) is 5.28. The van der Waals surface area contributed by atoms with Crippen LogP contribution in [0.4, 0.5) is 5.69 Å². The van der Waals surface area contributed by atoms with Crippen LogP contribution in [0, 0.1) is 0 Å². The highest BCUT2D eigenvalue weighted by atomic mass is 35.5. The molecule has 3 N–H and O–H groups in total. The molecule has 0 saturated carbocycles. The molecule has 0 spiro atoms. The lowest BCUT2D eigenvalue weighted by Gasteiger charge is -2.14. The highest BCUT2D eigenvalue weighted by Crippen LogP contribution is 2.34. The van der Waals surface area contributed by atoms with Gasteiger partial charge in [0.15, 0.2) is 0 Å². The van der Waals surface area contributed by atoms with Crippen molar-refractivity contribution in [1.29, 1.82) is 0 Å². The smallest absolute Gasteiger partial charge is 0.246 e. The number of rotatable bonds is 2. The van der Waals surface area contributed by atoms with E-state index in [4.69, 9.17) is 5.73 Å². The number of benzene rings is 2. The SMILES string of the molecule is CN(C)S(=O)(=O)c1ccc2c(N)cccc2c1O.Cl. The van der Waals surface area contributed by atoms with Crippen molar-refractivity contribution < 1.29 is 13.5 Å². The van der Waals surface area contributed by atoms with E-state index in [1.165, 1.54) is 20.2 Å². The first-order chi connectivity index (χ1) is 8.35. The molecule has 104 valence electrons. The van der Waals surface area contributed by atoms with Crippen molar-refractivity contribution >= 4 is 38.9 Å². The maximum Gasteiger partial charge on any atom is 0.246 e. The van der Waals surface area contributed by atoms with E-state index >= 15 is 0 Å². The van der Waals surface area contributed by atoms with Gasteiger partial charge in [-0.1, -0.05) is 18.2 Å². The highest BCUT2D eigenvalue weighted by molar-refractivity contribution is 7.89.